The molecule has 0 fully saturated rings. The molecule has 0 saturated carbocycles. The van der Waals surface area contributed by atoms with E-state index in [1.54, 1.807) is 22.1 Å². The molecule has 2 N–H and O–H groups in total. The SMILES string of the molecule is CCSn1ccc(N)n1. The molecule has 0 saturated heterocycles. The molecule has 0 radical (unpaired) electrons. The van der Waals surface area contributed by atoms with Crippen LogP contribution in [0.5, 0.6) is 0 Å². The quantitative estimate of drug-likeness (QED) is 0.671. The third-order valence-electron chi connectivity index (χ3n) is 0.848. The second-order valence-corrected chi connectivity index (χ2v) is 2.77. The number of hydrogen-bond donors (Lipinski definition) is 1. The average molecular weight is 143 g/mol. The molecule has 3 nitrogen and oxygen atoms in total. The summed E-state index contributed by atoms with van der Waals surface area (Å²) in [7, 11) is 0. The topological polar surface area (TPSA) is 43.8 Å². The van der Waals surface area contributed by atoms with Crippen LogP contribution < -0.4 is 5.73 Å². The van der Waals surface area contributed by atoms with E-state index in [0.29, 0.717) is 5.82 Å². The fraction of sp³-hybridized carbons (Fsp3) is 0.400. The highest BCUT2D eigenvalue weighted by Crippen LogP contribution is 2.05. The molecule has 50 valence electrons. The van der Waals surface area contributed by atoms with E-state index in [2.05, 4.69) is 12.0 Å². The molecule has 1 heterocycles. The first-order valence-electron chi connectivity index (χ1n) is 2.77. The normalized spacial score (nSPS) is 9.89. The molecule has 1 aromatic heterocycles. The second kappa shape index (κ2) is 2.77. The van der Waals surface area contributed by atoms with Crippen LogP contribution >= 0.6 is 11.9 Å². The number of rotatable bonds is 2. The maximum atomic E-state index is 5.36. The zero-order chi connectivity index (χ0) is 6.69. The van der Waals surface area contributed by atoms with E-state index < -0.39 is 0 Å². The van der Waals surface area contributed by atoms with E-state index in [0.717, 1.165) is 5.75 Å². The van der Waals surface area contributed by atoms with Gasteiger partial charge in [0.2, 0.25) is 0 Å². The van der Waals surface area contributed by atoms with Gasteiger partial charge in [-0.05, 0) is 11.9 Å². The molecule has 0 aliphatic heterocycles. The summed E-state index contributed by atoms with van der Waals surface area (Å²) >= 11 is 1.62. The van der Waals surface area contributed by atoms with Crippen molar-refractivity contribution < 1.29 is 0 Å². The van der Waals surface area contributed by atoms with Crippen LogP contribution in [0.3, 0.4) is 0 Å². The standard InChI is InChI=1S/C5H9N3S/c1-2-9-8-4-3-5(6)7-8/h3-4H,2H2,1H3,(H2,6,7). The fourth-order valence-corrected chi connectivity index (χ4v) is 1.09. The Hall–Kier alpha value is -0.640. The van der Waals surface area contributed by atoms with Crippen molar-refractivity contribution >= 4 is 17.8 Å². The third kappa shape index (κ3) is 1.64. The van der Waals surface area contributed by atoms with Crippen molar-refractivity contribution in [1.29, 1.82) is 0 Å². The predicted octanol–water partition coefficient (Wildman–Crippen LogP) is 0.981. The maximum Gasteiger partial charge on any atom is 0.146 e. The van der Waals surface area contributed by atoms with Gasteiger partial charge in [0.15, 0.2) is 0 Å². The Morgan fingerprint density at radius 3 is 3.11 bits per heavy atom. The van der Waals surface area contributed by atoms with Crippen LogP contribution in [0.4, 0.5) is 5.82 Å². The van der Waals surface area contributed by atoms with Crippen LogP contribution in [0.2, 0.25) is 0 Å². The first-order chi connectivity index (χ1) is 4.33. The number of aromatic nitrogens is 2. The van der Waals surface area contributed by atoms with E-state index in [4.69, 9.17) is 5.73 Å². The summed E-state index contributed by atoms with van der Waals surface area (Å²) in [6.45, 7) is 2.07. The van der Waals surface area contributed by atoms with Crippen molar-refractivity contribution in [3.8, 4) is 0 Å². The van der Waals surface area contributed by atoms with Crippen molar-refractivity contribution in [2.24, 2.45) is 0 Å². The summed E-state index contributed by atoms with van der Waals surface area (Å²) in [4.78, 5) is 0. The van der Waals surface area contributed by atoms with E-state index in [1.807, 2.05) is 6.20 Å². The number of nitrogen functional groups attached to an aromatic ring is 1. The van der Waals surface area contributed by atoms with Crippen molar-refractivity contribution in [3.05, 3.63) is 12.3 Å². The summed E-state index contributed by atoms with van der Waals surface area (Å²) in [5.41, 5.74) is 5.36. The molecule has 0 aliphatic carbocycles. The molecule has 0 amide bonds. The first-order valence-corrected chi connectivity index (χ1v) is 3.71. The fourth-order valence-electron chi connectivity index (χ4n) is 0.525. The Bertz CT molecular complexity index is 184. The summed E-state index contributed by atoms with van der Waals surface area (Å²) in [6.07, 6.45) is 1.85. The van der Waals surface area contributed by atoms with Crippen LogP contribution in [0.1, 0.15) is 6.92 Å². The van der Waals surface area contributed by atoms with Crippen LogP contribution in [0, 0.1) is 0 Å². The molecule has 0 aromatic carbocycles. The molecule has 4 heteroatoms. The lowest BCUT2D eigenvalue weighted by molar-refractivity contribution is 1.01. The van der Waals surface area contributed by atoms with Gasteiger partial charge in [0.25, 0.3) is 0 Å². The Kier molecular flexibility index (Phi) is 2.00. The van der Waals surface area contributed by atoms with E-state index in [1.165, 1.54) is 0 Å². The van der Waals surface area contributed by atoms with E-state index in [9.17, 15) is 0 Å². The molecule has 1 rings (SSSR count). The van der Waals surface area contributed by atoms with Gasteiger partial charge in [0, 0.05) is 18.0 Å². The largest absolute Gasteiger partial charge is 0.382 e. The van der Waals surface area contributed by atoms with Crippen LogP contribution in [0.25, 0.3) is 0 Å². The molecule has 1 aromatic rings. The van der Waals surface area contributed by atoms with Crippen LogP contribution in [0.15, 0.2) is 12.3 Å². The van der Waals surface area contributed by atoms with Gasteiger partial charge in [0.05, 0.1) is 0 Å². The molecule has 0 spiro atoms. The summed E-state index contributed by atoms with van der Waals surface area (Å²) in [5.74, 6) is 1.59. The third-order valence-corrected chi connectivity index (χ3v) is 1.57. The smallest absolute Gasteiger partial charge is 0.146 e. The molecule has 0 atom stereocenters. The number of nitrogens with two attached hydrogens (primary N) is 1. The minimum atomic E-state index is 0.580. The highest BCUT2D eigenvalue weighted by Gasteiger charge is 1.90. The first kappa shape index (κ1) is 6.48. The zero-order valence-corrected chi connectivity index (χ0v) is 6.06. The van der Waals surface area contributed by atoms with Gasteiger partial charge in [-0.1, -0.05) is 6.92 Å². The van der Waals surface area contributed by atoms with E-state index in [-0.39, 0.29) is 0 Å². The van der Waals surface area contributed by atoms with Gasteiger partial charge in [-0.15, -0.1) is 5.10 Å². The van der Waals surface area contributed by atoms with Crippen molar-refractivity contribution in [3.63, 3.8) is 0 Å². The number of anilines is 1. The minimum Gasteiger partial charge on any atom is -0.382 e. The van der Waals surface area contributed by atoms with Crippen molar-refractivity contribution in [2.45, 2.75) is 6.92 Å². The minimum absolute atomic E-state index is 0.580. The Morgan fingerprint density at radius 2 is 2.67 bits per heavy atom. The number of hydrogen-bond acceptors (Lipinski definition) is 3. The predicted molar refractivity (Wildman–Crippen MR) is 40.2 cm³/mol. The van der Waals surface area contributed by atoms with E-state index >= 15 is 0 Å². The van der Waals surface area contributed by atoms with Gasteiger partial charge in [-0.2, -0.15) is 0 Å². The summed E-state index contributed by atoms with van der Waals surface area (Å²) < 4.78 is 1.76. The summed E-state index contributed by atoms with van der Waals surface area (Å²) in [5, 5.41) is 3.96. The van der Waals surface area contributed by atoms with Crippen LogP contribution in [-0.4, -0.2) is 14.9 Å². The van der Waals surface area contributed by atoms with Gasteiger partial charge < -0.3 is 5.73 Å². The molecule has 0 bridgehead atoms. The zero-order valence-electron chi connectivity index (χ0n) is 5.24. The lowest BCUT2D eigenvalue weighted by Crippen LogP contribution is -1.90. The Labute approximate surface area is 58.4 Å². The van der Waals surface area contributed by atoms with Crippen LogP contribution in [-0.2, 0) is 0 Å². The molecular formula is C5H9N3S. The van der Waals surface area contributed by atoms with Gasteiger partial charge in [0.1, 0.15) is 5.82 Å². The molecular weight excluding hydrogens is 134 g/mol. The summed E-state index contributed by atoms with van der Waals surface area (Å²) in [6, 6.07) is 1.78. The van der Waals surface area contributed by atoms with Crippen molar-refractivity contribution in [1.82, 2.24) is 9.19 Å². The molecule has 0 unspecified atom stereocenters. The second-order valence-electron chi connectivity index (χ2n) is 1.56. The lowest BCUT2D eigenvalue weighted by Gasteiger charge is -1.92. The number of nitrogens with zero attached hydrogens (tertiary/aromatic N) is 2. The van der Waals surface area contributed by atoms with Gasteiger partial charge in [-0.25, -0.2) is 4.09 Å². The maximum absolute atomic E-state index is 5.36. The van der Waals surface area contributed by atoms with Crippen molar-refractivity contribution in [2.75, 3.05) is 11.5 Å². The molecule has 0 aliphatic rings. The Balaban J connectivity index is 2.61. The highest BCUT2D eigenvalue weighted by molar-refractivity contribution is 7.97. The monoisotopic (exact) mass is 143 g/mol. The highest BCUT2D eigenvalue weighted by atomic mass is 32.2. The Morgan fingerprint density at radius 1 is 1.89 bits per heavy atom. The molecule has 9 heavy (non-hydrogen) atoms. The average Bonchev–Trinajstić information content (AvgIpc) is 2.17. The lowest BCUT2D eigenvalue weighted by atomic mass is 10.7. The van der Waals surface area contributed by atoms with Gasteiger partial charge >= 0.3 is 0 Å². The van der Waals surface area contributed by atoms with Gasteiger partial charge in [-0.3, -0.25) is 0 Å².